The molecule has 18 nitrogen and oxygen atoms in total. The number of hydrogen-bond donors (Lipinski definition) is 2. The number of nitrogens with one attached hydrogen (secondary N) is 1. The Balaban J connectivity index is 0.000000201. The molecule has 0 radical (unpaired) electrons. The van der Waals surface area contributed by atoms with E-state index >= 15 is 0 Å². The van der Waals surface area contributed by atoms with Crippen LogP contribution < -0.4 is 5.48 Å². The number of carbonyl (C=O) groups is 2. The number of aliphatic hydroxyl groups excluding tert-OH is 1. The fourth-order valence-electron chi connectivity index (χ4n) is 7.72. The Morgan fingerprint density at radius 2 is 1.32 bits per heavy atom. The number of benzene rings is 3. The molecule has 0 saturated carbocycles. The van der Waals surface area contributed by atoms with Crippen LogP contribution in [-0.2, 0) is 54.1 Å². The molecule has 0 saturated heterocycles. The van der Waals surface area contributed by atoms with Crippen LogP contribution in [0.2, 0.25) is 51.4 Å². The summed E-state index contributed by atoms with van der Waals surface area (Å²) in [7, 11) is -1.13. The van der Waals surface area contributed by atoms with Gasteiger partial charge in [0.15, 0.2) is 13.6 Å². The van der Waals surface area contributed by atoms with E-state index in [0.717, 1.165) is 74.8 Å². The topological polar surface area (TPSA) is 219 Å². The lowest BCUT2D eigenvalue weighted by atomic mass is 10.0. The molecule has 24 heteroatoms. The molecule has 1 aliphatic rings. The van der Waals surface area contributed by atoms with Crippen LogP contribution in [-0.4, -0.2) is 111 Å². The highest BCUT2D eigenvalue weighted by molar-refractivity contribution is 8.13. The van der Waals surface area contributed by atoms with Crippen LogP contribution in [0.25, 0.3) is 21.8 Å². The summed E-state index contributed by atoms with van der Waals surface area (Å²) in [5, 5.41) is 22.9. The highest BCUT2D eigenvalue weighted by Crippen LogP contribution is 2.28. The van der Waals surface area contributed by atoms with Crippen molar-refractivity contribution in [2.24, 2.45) is 0 Å². The first-order chi connectivity index (χ1) is 36.0. The quantitative estimate of drug-likeness (QED) is 0.0171. The maximum atomic E-state index is 13.2. The average Bonchev–Trinajstić information content (AvgIpc) is 3.98. The lowest BCUT2D eigenvalue weighted by Crippen LogP contribution is -2.39. The highest BCUT2D eigenvalue weighted by Gasteiger charge is 2.29. The zero-order valence-corrected chi connectivity index (χ0v) is 46.7. The van der Waals surface area contributed by atoms with E-state index in [-0.39, 0.29) is 60.4 Å². The van der Waals surface area contributed by atoms with Crippen molar-refractivity contribution in [3.05, 3.63) is 165 Å². The molecule has 0 spiro atoms. The normalized spacial score (nSPS) is 12.7. The third-order valence-electron chi connectivity index (χ3n) is 11.9. The fourth-order valence-corrected chi connectivity index (χ4v) is 10.0. The van der Waals surface area contributed by atoms with Gasteiger partial charge in [-0.2, -0.15) is 0 Å². The third kappa shape index (κ3) is 17.1. The van der Waals surface area contributed by atoms with Crippen molar-refractivity contribution >= 4 is 75.2 Å². The van der Waals surface area contributed by atoms with Gasteiger partial charge in [-0.15, -0.1) is 0 Å². The molecule has 0 atom stereocenters. The maximum Gasteiger partial charge on any atom is 0.296 e. The molecule has 1 aliphatic heterocycles. The Hall–Kier alpha value is -6.29. The van der Waals surface area contributed by atoms with Crippen LogP contribution in [0.1, 0.15) is 43.2 Å². The van der Waals surface area contributed by atoms with Crippen molar-refractivity contribution in [1.29, 1.82) is 0 Å². The van der Waals surface area contributed by atoms with Crippen LogP contribution >= 0.6 is 10.7 Å². The Kier molecular flexibility index (Phi) is 20.7. The SMILES string of the molecule is C[Si](C)(C)CCOCON1CCc2c(ncc3c2ccn3Cc2ccc(F)cc2)C1=O.C[Si](C)(C)CCOCONC(=O)c1ncc2c(ccn2Cc2ccc(F)cc2)c1CCO.O=[N+]([O-])c1ccc(S(=O)(=O)Cl)cc1. The van der Waals surface area contributed by atoms with Gasteiger partial charge in [-0.05, 0) is 95.7 Å². The monoisotopic (exact) mass is 1120 g/mol. The Bertz CT molecular complexity index is 3210. The predicted molar refractivity (Wildman–Crippen MR) is 290 cm³/mol. The number of aromatic nitrogens is 4. The van der Waals surface area contributed by atoms with Gasteiger partial charge < -0.3 is 23.7 Å². The number of ether oxygens (including phenoxy) is 2. The van der Waals surface area contributed by atoms with Crippen molar-refractivity contribution in [2.75, 3.05) is 40.0 Å². The van der Waals surface area contributed by atoms with Crippen LogP contribution in [0.4, 0.5) is 14.5 Å². The molecule has 76 heavy (non-hydrogen) atoms. The first-order valence-corrected chi connectivity index (χ1v) is 34.0. The number of hydroxylamine groups is 3. The Morgan fingerprint density at radius 1 is 0.789 bits per heavy atom. The summed E-state index contributed by atoms with van der Waals surface area (Å²) < 4.78 is 62.8. The van der Waals surface area contributed by atoms with E-state index in [1.807, 2.05) is 29.1 Å². The van der Waals surface area contributed by atoms with Gasteiger partial charge in [0.1, 0.15) is 23.0 Å². The minimum atomic E-state index is -3.80. The lowest BCUT2D eigenvalue weighted by molar-refractivity contribution is -0.384. The molecule has 0 fully saturated rings. The minimum absolute atomic E-state index is 0.0398. The summed E-state index contributed by atoms with van der Waals surface area (Å²) in [6.07, 6.45) is 8.17. The Morgan fingerprint density at radius 3 is 1.84 bits per heavy atom. The number of non-ortho nitro benzene ring substituents is 1. The Labute approximate surface area is 446 Å². The fraction of sp³-hybridized carbons (Fsp3) is 0.346. The van der Waals surface area contributed by atoms with Gasteiger partial charge in [0.25, 0.3) is 26.6 Å². The summed E-state index contributed by atoms with van der Waals surface area (Å²) >= 11 is 0. The first-order valence-electron chi connectivity index (χ1n) is 24.3. The molecule has 0 unspecified atom stereocenters. The van der Waals surface area contributed by atoms with Crippen molar-refractivity contribution in [3.63, 3.8) is 0 Å². The second kappa shape index (κ2) is 26.7. The van der Waals surface area contributed by atoms with Crippen molar-refractivity contribution in [2.45, 2.75) is 82.2 Å². The summed E-state index contributed by atoms with van der Waals surface area (Å²) in [5.74, 6) is -1.25. The molecule has 406 valence electrons. The van der Waals surface area contributed by atoms with Gasteiger partial charge in [-0.1, -0.05) is 63.5 Å². The molecular weight excluding hydrogens is 1060 g/mol. The average molecular weight is 1120 g/mol. The number of pyridine rings is 2. The van der Waals surface area contributed by atoms with Gasteiger partial charge in [0.05, 0.1) is 39.8 Å². The van der Waals surface area contributed by atoms with E-state index in [0.29, 0.717) is 50.5 Å². The number of fused-ring (bicyclic) bond motifs is 4. The number of rotatable bonds is 21. The molecule has 4 aromatic heterocycles. The van der Waals surface area contributed by atoms with E-state index in [1.54, 1.807) is 36.7 Å². The number of nitro groups is 1. The number of halogens is 3. The standard InChI is InChI=1S/C23H30FN3O4Si.C23H28FN3O3Si.C6H4ClNO4S/c1-32(2,3)13-12-30-16-31-26-23(29)22-20(9-11-28)19-8-10-27(21(19)14-25-22)15-17-4-6-18(24)7-5-17;1-31(2,3)13-12-29-16-30-27-11-9-20-19-8-10-26(15-17-4-6-18(24)7-5-17)21(19)14-25-22(20)23(27)28;7-13(11,12)6-3-1-5(2-4-6)8(9)10/h4-8,10,14,28H,9,11-13,15-16H2,1-3H3,(H,26,29);4-8,10,14H,9,11-13,15-16H2,1-3H3;1-4H. The molecule has 7 aromatic rings. The zero-order valence-electron chi connectivity index (χ0n) is 43.1. The molecule has 2 N–H and O–H groups in total. The highest BCUT2D eigenvalue weighted by atomic mass is 35.7. The number of nitrogens with zero attached hydrogens (tertiary/aromatic N) is 6. The lowest BCUT2D eigenvalue weighted by Gasteiger charge is -2.27. The molecule has 8 rings (SSSR count). The molecule has 0 aliphatic carbocycles. The maximum absolute atomic E-state index is 13.2. The second-order valence-corrected chi connectivity index (χ2v) is 33.9. The first kappa shape index (κ1) is 59.0. The van der Waals surface area contributed by atoms with Crippen LogP contribution in [0.15, 0.2) is 115 Å². The third-order valence-corrected chi connectivity index (χ3v) is 16.7. The van der Waals surface area contributed by atoms with Crippen molar-refractivity contribution in [3.8, 4) is 0 Å². The summed E-state index contributed by atoms with van der Waals surface area (Å²) in [6.45, 7) is 16.4. The van der Waals surface area contributed by atoms with E-state index in [2.05, 4.69) is 59.3 Å². The predicted octanol–water partition coefficient (Wildman–Crippen LogP) is 9.72. The van der Waals surface area contributed by atoms with Crippen molar-refractivity contribution < 1.29 is 56.0 Å². The number of carbonyl (C=O) groups excluding carboxylic acids is 2. The molecule has 2 amide bonds. The smallest absolute Gasteiger partial charge is 0.296 e. The second-order valence-electron chi connectivity index (χ2n) is 20.1. The van der Waals surface area contributed by atoms with E-state index < -0.39 is 36.0 Å². The number of nitro benzene ring substituents is 1. The van der Waals surface area contributed by atoms with Crippen LogP contribution in [0.5, 0.6) is 0 Å². The summed E-state index contributed by atoms with van der Waals surface area (Å²) in [6, 6.07) is 23.1. The summed E-state index contributed by atoms with van der Waals surface area (Å²) in [5.41, 5.74) is 8.14. The molecule has 0 bridgehead atoms. The van der Waals surface area contributed by atoms with Gasteiger partial charge in [-0.25, -0.2) is 47.4 Å². The van der Waals surface area contributed by atoms with E-state index in [9.17, 15) is 42.0 Å². The number of hydrogen-bond acceptors (Lipinski definition) is 13. The zero-order chi connectivity index (χ0) is 55.2. The van der Waals surface area contributed by atoms with Crippen LogP contribution in [0, 0.1) is 21.7 Å². The molecule has 5 heterocycles. The number of amides is 2. The van der Waals surface area contributed by atoms with E-state index in [4.69, 9.17) is 29.8 Å². The largest absolute Gasteiger partial charge is 0.396 e. The van der Waals surface area contributed by atoms with Gasteiger partial charge in [0, 0.05) is 95.0 Å². The van der Waals surface area contributed by atoms with Gasteiger partial charge in [-0.3, -0.25) is 19.7 Å². The number of aliphatic hydroxyl groups is 1. The van der Waals surface area contributed by atoms with E-state index in [1.165, 1.54) is 29.3 Å². The van der Waals surface area contributed by atoms with Crippen molar-refractivity contribution in [1.82, 2.24) is 29.6 Å². The minimum Gasteiger partial charge on any atom is -0.396 e. The van der Waals surface area contributed by atoms with Crippen LogP contribution in [0.3, 0.4) is 0 Å². The molecular formula is C52H62ClF2N7O11SSi2. The molecule has 3 aromatic carbocycles. The summed E-state index contributed by atoms with van der Waals surface area (Å²) in [4.78, 5) is 54.4. The van der Waals surface area contributed by atoms with Gasteiger partial charge >= 0.3 is 0 Å². The van der Waals surface area contributed by atoms with Gasteiger partial charge in [0.2, 0.25) is 0 Å².